The van der Waals surface area contributed by atoms with Crippen LogP contribution in [-0.2, 0) is 14.2 Å². The van der Waals surface area contributed by atoms with Crippen molar-refractivity contribution in [2.24, 2.45) is 0 Å². The van der Waals surface area contributed by atoms with Crippen molar-refractivity contribution < 1.29 is 33.3 Å². The largest absolute Gasteiger partial charge is 0.468 e. The fourth-order valence-corrected chi connectivity index (χ4v) is 9.75. The molecular formula is C44H59N7O7Si-. The first-order valence-corrected chi connectivity index (χ1v) is 24.7. The van der Waals surface area contributed by atoms with Crippen LogP contribution in [0, 0.1) is 0 Å². The highest BCUT2D eigenvalue weighted by Crippen LogP contribution is 2.49. The highest BCUT2D eigenvalue weighted by atomic mass is 28.3. The van der Waals surface area contributed by atoms with E-state index in [9.17, 15) is 9.59 Å². The number of hydrogen-bond acceptors (Lipinski definition) is 12. The third kappa shape index (κ3) is 8.38. The van der Waals surface area contributed by atoms with Crippen molar-refractivity contribution in [2.75, 3.05) is 71.8 Å². The van der Waals surface area contributed by atoms with Gasteiger partial charge in [0.2, 0.25) is 0 Å². The van der Waals surface area contributed by atoms with Crippen LogP contribution in [0.25, 0.3) is 32.9 Å². The maximum absolute atomic E-state index is 13.4. The van der Waals surface area contributed by atoms with Gasteiger partial charge >= 0.3 is 18.2 Å². The lowest BCUT2D eigenvalue weighted by atomic mass is 9.79. The highest BCUT2D eigenvalue weighted by Gasteiger charge is 2.45. The molecule has 2 amide bonds. The Hall–Kier alpha value is -4.73. The second-order valence-electron chi connectivity index (χ2n) is 18.8. The van der Waals surface area contributed by atoms with Crippen LogP contribution in [0.1, 0.15) is 57.6 Å². The summed E-state index contributed by atoms with van der Waals surface area (Å²) in [7, 11) is 2.33. The van der Waals surface area contributed by atoms with Crippen molar-refractivity contribution >= 4 is 47.8 Å². The van der Waals surface area contributed by atoms with Crippen LogP contribution in [0.4, 0.5) is 15.4 Å². The van der Waals surface area contributed by atoms with Gasteiger partial charge in [-0.15, -0.1) is 14.1 Å². The summed E-state index contributed by atoms with van der Waals surface area (Å²) in [6, 6.07) is 11.5. The molecule has 317 valence electrons. The van der Waals surface area contributed by atoms with Gasteiger partial charge in [0.25, 0.3) is 0 Å². The molecule has 0 spiro atoms. The second kappa shape index (κ2) is 16.0. The predicted octanol–water partition coefficient (Wildman–Crippen LogP) is 7.35. The minimum atomic E-state index is -1.34. The number of piperazine rings is 2. The monoisotopic (exact) mass is 825 g/mol. The van der Waals surface area contributed by atoms with Gasteiger partial charge in [0.1, 0.15) is 23.8 Å². The van der Waals surface area contributed by atoms with E-state index in [1.807, 2.05) is 44.0 Å². The molecule has 3 unspecified atom stereocenters. The van der Waals surface area contributed by atoms with Gasteiger partial charge in [-0.2, -0.15) is 29.6 Å². The zero-order valence-corrected chi connectivity index (χ0v) is 37.0. The van der Waals surface area contributed by atoms with Crippen molar-refractivity contribution in [3.8, 4) is 23.0 Å². The summed E-state index contributed by atoms with van der Waals surface area (Å²) in [4.78, 5) is 50.3. The summed E-state index contributed by atoms with van der Waals surface area (Å²) >= 11 is 0. The van der Waals surface area contributed by atoms with E-state index in [2.05, 4.69) is 61.6 Å². The molecule has 0 N–H and O–H groups in total. The van der Waals surface area contributed by atoms with Crippen molar-refractivity contribution in [1.29, 1.82) is 0 Å². The van der Waals surface area contributed by atoms with Crippen LogP contribution < -0.4 is 14.4 Å². The van der Waals surface area contributed by atoms with Gasteiger partial charge in [0.05, 0.1) is 41.3 Å². The number of benzene rings is 2. The van der Waals surface area contributed by atoms with E-state index >= 15 is 0 Å². The number of carbonyl (C=O) groups excluding carboxylic acids is 2. The average Bonchev–Trinajstić information content (AvgIpc) is 3.45. The molecule has 4 atom stereocenters. The number of ether oxygens (including phenoxy) is 5. The second-order valence-corrected chi connectivity index (χ2v) is 24.4. The Labute approximate surface area is 348 Å². The Balaban J connectivity index is 1.16. The Morgan fingerprint density at radius 1 is 0.966 bits per heavy atom. The van der Waals surface area contributed by atoms with Crippen molar-refractivity contribution in [2.45, 2.75) is 95.9 Å². The van der Waals surface area contributed by atoms with Crippen molar-refractivity contribution in [3.05, 3.63) is 47.7 Å². The molecule has 2 aromatic carbocycles. The fraction of sp³-hybridized carbons (Fsp3) is 0.568. The lowest BCUT2D eigenvalue weighted by molar-refractivity contribution is 0.0122. The van der Waals surface area contributed by atoms with Crippen LogP contribution in [-0.4, -0.2) is 141 Å². The highest BCUT2D eigenvalue weighted by molar-refractivity contribution is 6.76. The molecule has 3 fully saturated rings. The number of fused-ring (bicyclic) bond motifs is 6. The number of aromatic nitrogens is 3. The topological polar surface area (TPSA) is 132 Å². The zero-order valence-electron chi connectivity index (χ0n) is 36.0. The van der Waals surface area contributed by atoms with E-state index in [4.69, 9.17) is 38.6 Å². The molecule has 8 rings (SSSR count). The van der Waals surface area contributed by atoms with Crippen LogP contribution in [0.2, 0.25) is 25.7 Å². The van der Waals surface area contributed by atoms with E-state index < -0.39 is 13.7 Å². The van der Waals surface area contributed by atoms with Gasteiger partial charge in [-0.3, -0.25) is 14.8 Å². The lowest BCUT2D eigenvalue weighted by Crippen LogP contribution is -2.57. The molecule has 14 nitrogen and oxygen atoms in total. The van der Waals surface area contributed by atoms with Gasteiger partial charge in [-0.05, 0) is 69.1 Å². The number of anilines is 1. The van der Waals surface area contributed by atoms with Gasteiger partial charge in [0, 0.05) is 63.1 Å². The Morgan fingerprint density at radius 2 is 1.73 bits per heavy atom. The number of methoxy groups -OCH3 is 1. The first kappa shape index (κ1) is 41.0. The minimum absolute atomic E-state index is 0.0233. The van der Waals surface area contributed by atoms with Crippen molar-refractivity contribution in [3.63, 3.8) is 0 Å². The quantitative estimate of drug-likeness (QED) is 0.117. The lowest BCUT2D eigenvalue weighted by Gasteiger charge is -2.42. The predicted molar refractivity (Wildman–Crippen MR) is 230 cm³/mol. The maximum atomic E-state index is 13.4. The first-order valence-electron chi connectivity index (χ1n) is 21.0. The van der Waals surface area contributed by atoms with E-state index in [-0.39, 0.29) is 55.6 Å². The molecule has 15 heteroatoms. The molecule has 2 aromatic heterocycles. The smallest absolute Gasteiger partial charge is 0.410 e. The molecule has 0 saturated carbocycles. The number of pyridine rings is 1. The summed E-state index contributed by atoms with van der Waals surface area (Å²) in [6.07, 6.45) is 3.13. The Kier molecular flexibility index (Phi) is 11.1. The fourth-order valence-electron chi connectivity index (χ4n) is 9.03. The molecule has 1 aliphatic carbocycles. The molecular weight excluding hydrogens is 767 g/mol. The van der Waals surface area contributed by atoms with Gasteiger partial charge < -0.3 is 33.5 Å². The molecule has 2 bridgehead atoms. The molecule has 0 radical (unpaired) electrons. The average molecular weight is 826 g/mol. The van der Waals surface area contributed by atoms with Crippen LogP contribution in [0.3, 0.4) is 0 Å². The zero-order chi connectivity index (χ0) is 41.8. The number of nitrogens with zero attached hydrogens (tertiary/aromatic N) is 7. The standard InChI is InChI=1S/C44H59N7O7Si/c1-27-33-12-10-11-28-19-32(57-26-54-6)20-34(37(28)33)38-36(27)39-35(21-45-38)40(50-22-29-13-14-30(23-50)51(29)43(53)58-44(2,3)4)47-41(46-39)56-25-31-24-49(16-15-48(31)5)42(52)55-17-18-59(7,8)9/h10-12,19-21,27,29-31H,13-18,22-26H2,1-9H3/q-1/t27?,29?,30?,31-/m0/s1. The molecule has 4 aromatic rings. The third-order valence-electron chi connectivity index (χ3n) is 12.1. The minimum Gasteiger partial charge on any atom is -0.468 e. The molecule has 4 aliphatic rings. The Morgan fingerprint density at radius 3 is 2.44 bits per heavy atom. The molecule has 59 heavy (non-hydrogen) atoms. The normalized spacial score (nSPS) is 21.8. The van der Waals surface area contributed by atoms with Crippen LogP contribution in [0.5, 0.6) is 11.8 Å². The van der Waals surface area contributed by atoms with Crippen LogP contribution >= 0.6 is 0 Å². The van der Waals surface area contributed by atoms with Gasteiger partial charge in [0.15, 0.2) is 6.79 Å². The third-order valence-corrected chi connectivity index (χ3v) is 13.8. The first-order chi connectivity index (χ1) is 28.1. The number of hydrogen-bond donors (Lipinski definition) is 0. The summed E-state index contributed by atoms with van der Waals surface area (Å²) in [6.45, 7) is 18.6. The number of carbonyl (C=O) groups is 2. The molecule has 5 heterocycles. The van der Waals surface area contributed by atoms with Gasteiger partial charge in [-0.1, -0.05) is 25.1 Å². The van der Waals surface area contributed by atoms with E-state index in [1.165, 1.54) is 5.56 Å². The van der Waals surface area contributed by atoms with Crippen LogP contribution in [0.15, 0.2) is 36.5 Å². The number of likely N-dealkylation sites (N-methyl/N-ethyl adjacent to an activating group) is 1. The van der Waals surface area contributed by atoms with E-state index in [1.54, 1.807) is 12.0 Å². The summed E-state index contributed by atoms with van der Waals surface area (Å²) in [5, 5.41) is 3.05. The van der Waals surface area contributed by atoms with E-state index in [0.29, 0.717) is 45.1 Å². The summed E-state index contributed by atoms with van der Waals surface area (Å²) in [5.41, 5.74) is 4.20. The molecule has 3 aliphatic heterocycles. The Bertz CT molecular complexity index is 2230. The van der Waals surface area contributed by atoms with E-state index in [0.717, 1.165) is 63.2 Å². The maximum Gasteiger partial charge on any atom is 0.410 e. The SMILES string of the molecule is COCOc1cc2c3c(cccc3c1)C(C)c1c-2ncc2c(N3CC4CCC(C3)N4C(=O)OC(C)(C)C)nc(OC[C@@H]3CN(C(=O)OCC[Si-](C)(C)C)CCN3C)nc12. The van der Waals surface area contributed by atoms with Gasteiger partial charge in [-0.25, -0.2) is 9.59 Å². The van der Waals surface area contributed by atoms with Crippen molar-refractivity contribution in [1.82, 2.24) is 29.7 Å². The summed E-state index contributed by atoms with van der Waals surface area (Å²) in [5.74, 6) is 1.40. The number of rotatable bonds is 10. The summed E-state index contributed by atoms with van der Waals surface area (Å²) < 4.78 is 29.4. The number of amides is 2. The molecule has 3 saturated heterocycles.